The van der Waals surface area contributed by atoms with E-state index in [-0.39, 0.29) is 17.2 Å². The van der Waals surface area contributed by atoms with Crippen molar-refractivity contribution in [1.29, 1.82) is 0 Å². The first-order chi connectivity index (χ1) is 14.9. The number of rotatable bonds is 6. The molecule has 2 aromatic carbocycles. The van der Waals surface area contributed by atoms with Crippen molar-refractivity contribution in [2.45, 2.75) is 25.2 Å². The highest BCUT2D eigenvalue weighted by Crippen LogP contribution is 2.32. The second kappa shape index (κ2) is 8.44. The Labute approximate surface area is 181 Å². The molecule has 3 aromatic rings. The smallest absolute Gasteiger partial charge is 0.243 e. The fourth-order valence-electron chi connectivity index (χ4n) is 3.55. The molecule has 31 heavy (non-hydrogen) atoms. The third-order valence-corrected chi connectivity index (χ3v) is 7.19. The highest BCUT2D eigenvalue weighted by molar-refractivity contribution is 7.89. The van der Waals surface area contributed by atoms with Crippen molar-refractivity contribution < 1.29 is 13.2 Å². The van der Waals surface area contributed by atoms with Crippen LogP contribution in [0.2, 0.25) is 0 Å². The molecule has 1 aromatic heterocycles. The van der Waals surface area contributed by atoms with Crippen LogP contribution in [0.15, 0.2) is 59.6 Å². The van der Waals surface area contributed by atoms with E-state index in [1.807, 2.05) is 38.1 Å². The molecule has 9 heteroatoms. The maximum atomic E-state index is 12.6. The van der Waals surface area contributed by atoms with E-state index >= 15 is 0 Å². The third kappa shape index (κ3) is 4.14. The molecule has 2 N–H and O–H groups in total. The lowest BCUT2D eigenvalue weighted by molar-refractivity contribution is -0.115. The number of para-hydroxylation sites is 1. The quantitative estimate of drug-likeness (QED) is 0.612. The van der Waals surface area contributed by atoms with Crippen molar-refractivity contribution in [2.24, 2.45) is 0 Å². The highest BCUT2D eigenvalue weighted by Gasteiger charge is 2.22. The van der Waals surface area contributed by atoms with Crippen LogP contribution in [0.3, 0.4) is 0 Å². The molecule has 0 unspecified atom stereocenters. The first kappa shape index (κ1) is 21.0. The van der Waals surface area contributed by atoms with Gasteiger partial charge in [-0.15, -0.1) is 0 Å². The molecular weight excluding hydrogens is 414 g/mol. The first-order valence-electron chi connectivity index (χ1n) is 10.0. The summed E-state index contributed by atoms with van der Waals surface area (Å²) >= 11 is 0. The zero-order valence-corrected chi connectivity index (χ0v) is 18.1. The van der Waals surface area contributed by atoms with Gasteiger partial charge in [-0.25, -0.2) is 18.4 Å². The Bertz CT molecular complexity index is 1220. The van der Waals surface area contributed by atoms with Crippen LogP contribution in [0, 0.1) is 0 Å². The molecule has 1 amide bonds. The van der Waals surface area contributed by atoms with E-state index in [2.05, 4.69) is 20.6 Å². The van der Waals surface area contributed by atoms with Crippen molar-refractivity contribution in [1.82, 2.24) is 14.3 Å². The van der Waals surface area contributed by atoms with Gasteiger partial charge >= 0.3 is 0 Å². The molecule has 2 heterocycles. The number of aromatic nitrogens is 2. The van der Waals surface area contributed by atoms with Crippen molar-refractivity contribution in [2.75, 3.05) is 23.7 Å². The van der Waals surface area contributed by atoms with Crippen LogP contribution in [0.25, 0.3) is 11.3 Å². The summed E-state index contributed by atoms with van der Waals surface area (Å²) in [4.78, 5) is 21.4. The summed E-state index contributed by atoms with van der Waals surface area (Å²) in [5.74, 6) is 0.253. The lowest BCUT2D eigenvalue weighted by Gasteiger charge is -2.18. The van der Waals surface area contributed by atoms with E-state index in [0.29, 0.717) is 36.1 Å². The summed E-state index contributed by atoms with van der Waals surface area (Å²) in [6.07, 6.45) is 1.84. The normalized spacial score (nSPS) is 13.2. The molecule has 0 fully saturated rings. The Morgan fingerprint density at radius 2 is 1.77 bits per heavy atom. The van der Waals surface area contributed by atoms with Crippen LogP contribution in [0.4, 0.5) is 17.3 Å². The van der Waals surface area contributed by atoms with E-state index in [1.165, 1.54) is 4.31 Å². The Balaban J connectivity index is 1.62. The van der Waals surface area contributed by atoms with Crippen LogP contribution in [0.1, 0.15) is 19.4 Å². The van der Waals surface area contributed by atoms with Gasteiger partial charge in [0.25, 0.3) is 0 Å². The number of hydrogen-bond acceptors (Lipinski definition) is 6. The lowest BCUT2D eigenvalue weighted by atomic mass is 10.1. The summed E-state index contributed by atoms with van der Waals surface area (Å²) in [5.41, 5.74) is 3.63. The minimum Gasteiger partial charge on any atom is -0.325 e. The first-order valence-corrected chi connectivity index (χ1v) is 11.5. The molecule has 0 bridgehead atoms. The molecule has 0 aliphatic carbocycles. The predicted octanol–water partition coefficient (Wildman–Crippen LogP) is 3.41. The summed E-state index contributed by atoms with van der Waals surface area (Å²) in [7, 11) is -3.51. The molecule has 1 aliphatic heterocycles. The van der Waals surface area contributed by atoms with Gasteiger partial charge in [0.2, 0.25) is 21.9 Å². The average Bonchev–Trinajstić information content (AvgIpc) is 2.90. The zero-order chi connectivity index (χ0) is 22.0. The van der Waals surface area contributed by atoms with E-state index in [1.54, 1.807) is 30.5 Å². The van der Waals surface area contributed by atoms with Crippen molar-refractivity contribution in [3.63, 3.8) is 0 Å². The number of hydrogen-bond donors (Lipinski definition) is 2. The number of amides is 1. The second-order valence-electron chi connectivity index (χ2n) is 7.08. The van der Waals surface area contributed by atoms with Gasteiger partial charge in [0, 0.05) is 36.1 Å². The number of sulfonamides is 1. The average molecular weight is 438 g/mol. The van der Waals surface area contributed by atoms with Gasteiger partial charge in [-0.1, -0.05) is 32.0 Å². The van der Waals surface area contributed by atoms with Gasteiger partial charge < -0.3 is 10.6 Å². The molecule has 0 saturated heterocycles. The molecule has 1 aliphatic rings. The summed E-state index contributed by atoms with van der Waals surface area (Å²) in [6, 6.07) is 14.0. The van der Waals surface area contributed by atoms with Gasteiger partial charge in [0.1, 0.15) is 0 Å². The highest BCUT2D eigenvalue weighted by atomic mass is 32.2. The van der Waals surface area contributed by atoms with E-state index in [0.717, 1.165) is 11.1 Å². The second-order valence-corrected chi connectivity index (χ2v) is 9.01. The largest absolute Gasteiger partial charge is 0.325 e. The summed E-state index contributed by atoms with van der Waals surface area (Å²) < 4.78 is 26.7. The molecule has 0 atom stereocenters. The van der Waals surface area contributed by atoms with Gasteiger partial charge in [0.15, 0.2) is 0 Å². The van der Waals surface area contributed by atoms with Crippen LogP contribution in [-0.2, 0) is 21.2 Å². The lowest BCUT2D eigenvalue weighted by Crippen LogP contribution is -2.30. The minimum absolute atomic E-state index is 0.111. The number of fused-ring (bicyclic) bond motifs is 3. The third-order valence-electron chi connectivity index (χ3n) is 5.13. The standard InChI is InChI=1S/C22H23N5O3S/c1-3-27(4-2)31(29,30)17-11-9-16(10-12-17)24-22-23-14-15-13-20(28)25-19-8-6-5-7-18(19)21(15)26-22/h5-12,14H,3-4,13H2,1-2H3,(H,25,28)(H,23,24,26). The minimum atomic E-state index is -3.51. The Morgan fingerprint density at radius 3 is 2.48 bits per heavy atom. The Hall–Kier alpha value is -3.30. The predicted molar refractivity (Wildman–Crippen MR) is 120 cm³/mol. The fourth-order valence-corrected chi connectivity index (χ4v) is 5.01. The SMILES string of the molecule is CCN(CC)S(=O)(=O)c1ccc(Nc2ncc3c(n2)-c2ccccc2NC(=O)C3)cc1. The van der Waals surface area contributed by atoms with Crippen LogP contribution in [0.5, 0.6) is 0 Å². The van der Waals surface area contributed by atoms with E-state index in [4.69, 9.17) is 0 Å². The zero-order valence-electron chi connectivity index (χ0n) is 17.3. The van der Waals surface area contributed by atoms with Gasteiger partial charge in [0.05, 0.1) is 22.7 Å². The van der Waals surface area contributed by atoms with Gasteiger partial charge in [-0.2, -0.15) is 4.31 Å². The molecule has 0 radical (unpaired) electrons. The molecule has 0 saturated carbocycles. The number of benzene rings is 2. The summed E-state index contributed by atoms with van der Waals surface area (Å²) in [6.45, 7) is 4.46. The number of nitrogens with zero attached hydrogens (tertiary/aromatic N) is 3. The maximum Gasteiger partial charge on any atom is 0.243 e. The van der Waals surface area contributed by atoms with Gasteiger partial charge in [-0.05, 0) is 30.3 Å². The number of carbonyl (C=O) groups excluding carboxylic acids is 1. The van der Waals surface area contributed by atoms with Gasteiger partial charge in [-0.3, -0.25) is 4.79 Å². The van der Waals surface area contributed by atoms with E-state index < -0.39 is 10.0 Å². The topological polar surface area (TPSA) is 104 Å². The number of nitrogens with one attached hydrogen (secondary N) is 2. The van der Waals surface area contributed by atoms with Crippen molar-refractivity contribution in [3.8, 4) is 11.3 Å². The van der Waals surface area contributed by atoms with Crippen molar-refractivity contribution >= 4 is 33.3 Å². The Kier molecular flexibility index (Phi) is 5.71. The fraction of sp³-hybridized carbons (Fsp3) is 0.227. The number of anilines is 3. The molecule has 8 nitrogen and oxygen atoms in total. The maximum absolute atomic E-state index is 12.6. The molecule has 0 spiro atoms. The molecule has 160 valence electrons. The van der Waals surface area contributed by atoms with E-state index in [9.17, 15) is 13.2 Å². The van der Waals surface area contributed by atoms with Crippen LogP contribution < -0.4 is 10.6 Å². The Morgan fingerprint density at radius 1 is 1.06 bits per heavy atom. The molecular formula is C22H23N5O3S. The van der Waals surface area contributed by atoms with Crippen molar-refractivity contribution in [3.05, 3.63) is 60.3 Å². The van der Waals surface area contributed by atoms with Crippen LogP contribution in [-0.4, -0.2) is 41.7 Å². The summed E-state index contributed by atoms with van der Waals surface area (Å²) in [5, 5.41) is 6.01. The molecule has 4 rings (SSSR count). The van der Waals surface area contributed by atoms with Crippen LogP contribution >= 0.6 is 0 Å². The number of carbonyl (C=O) groups is 1. The monoisotopic (exact) mass is 437 g/mol.